The second kappa shape index (κ2) is 11.7. The smallest absolute Gasteiger partial charge is 0.254 e. The first-order chi connectivity index (χ1) is 18.4. The van der Waals surface area contributed by atoms with Gasteiger partial charge in [0.15, 0.2) is 11.6 Å². The zero-order valence-corrected chi connectivity index (χ0v) is 21.9. The number of hydrogen-bond donors (Lipinski definition) is 0. The maximum Gasteiger partial charge on any atom is 0.254 e. The fourth-order valence-electron chi connectivity index (χ4n) is 6.33. The number of carbonyl (C=O) groups is 1. The van der Waals surface area contributed by atoms with Crippen LogP contribution in [0.5, 0.6) is 0 Å². The molecule has 0 N–H and O–H groups in total. The molecule has 1 aliphatic heterocycles. The molecule has 1 heterocycles. The molecular weight excluding hydrogens is 485 g/mol. The predicted molar refractivity (Wildman–Crippen MR) is 143 cm³/mol. The Hall–Kier alpha value is -3.12. The first-order valence-corrected chi connectivity index (χ1v) is 13.7. The summed E-state index contributed by atoms with van der Waals surface area (Å²) < 4.78 is 41.0. The normalized spacial score (nSPS) is 20.5. The van der Waals surface area contributed by atoms with Gasteiger partial charge >= 0.3 is 0 Å². The Bertz CT molecular complexity index is 1260. The van der Waals surface area contributed by atoms with Gasteiger partial charge in [0.25, 0.3) is 5.91 Å². The van der Waals surface area contributed by atoms with Crippen molar-refractivity contribution in [2.45, 2.75) is 57.5 Å². The fraction of sp³-hybridized carbons (Fsp3) is 0.406. The number of hydrogen-bond acceptors (Lipinski definition) is 2. The van der Waals surface area contributed by atoms with Crippen molar-refractivity contribution < 1.29 is 18.0 Å². The maximum absolute atomic E-state index is 13.9. The zero-order valence-electron chi connectivity index (χ0n) is 21.9. The Morgan fingerprint density at radius 2 is 1.63 bits per heavy atom. The molecule has 2 atom stereocenters. The molecule has 3 nitrogen and oxygen atoms in total. The minimum absolute atomic E-state index is 0.0421. The molecule has 0 radical (unpaired) electrons. The molecule has 5 rings (SSSR count). The van der Waals surface area contributed by atoms with Crippen molar-refractivity contribution in [3.63, 3.8) is 0 Å². The van der Waals surface area contributed by atoms with Crippen molar-refractivity contribution in [3.8, 4) is 0 Å². The minimum atomic E-state index is -0.840. The van der Waals surface area contributed by atoms with Crippen LogP contribution in [0, 0.1) is 30.3 Å². The minimum Gasteiger partial charge on any atom is -0.335 e. The van der Waals surface area contributed by atoms with Crippen LogP contribution in [0.1, 0.15) is 65.1 Å². The Kier molecular flexibility index (Phi) is 8.18. The predicted octanol–water partition coefficient (Wildman–Crippen LogP) is 7.10. The van der Waals surface area contributed by atoms with Gasteiger partial charge in [0.2, 0.25) is 0 Å². The van der Waals surface area contributed by atoms with Crippen LogP contribution in [0.4, 0.5) is 13.2 Å². The summed E-state index contributed by atoms with van der Waals surface area (Å²) in [4.78, 5) is 18.1. The number of benzene rings is 3. The lowest BCUT2D eigenvalue weighted by Gasteiger charge is -2.37. The van der Waals surface area contributed by atoms with Crippen LogP contribution >= 0.6 is 0 Å². The van der Waals surface area contributed by atoms with E-state index in [0.29, 0.717) is 18.7 Å². The molecule has 200 valence electrons. The van der Waals surface area contributed by atoms with E-state index in [4.69, 9.17) is 0 Å². The van der Waals surface area contributed by atoms with Crippen LogP contribution in [-0.4, -0.2) is 41.4 Å². The van der Waals surface area contributed by atoms with Crippen molar-refractivity contribution in [3.05, 3.63) is 106 Å². The summed E-state index contributed by atoms with van der Waals surface area (Å²) >= 11 is 0. The van der Waals surface area contributed by atoms with E-state index < -0.39 is 11.6 Å². The van der Waals surface area contributed by atoms with Gasteiger partial charge in [0.05, 0.1) is 0 Å². The summed E-state index contributed by atoms with van der Waals surface area (Å²) in [7, 11) is 0. The fourth-order valence-corrected chi connectivity index (χ4v) is 6.33. The lowest BCUT2D eigenvalue weighted by atomic mass is 9.85. The molecule has 1 saturated carbocycles. The molecule has 2 aliphatic rings. The zero-order chi connectivity index (χ0) is 26.6. The molecule has 1 aliphatic carbocycles. The van der Waals surface area contributed by atoms with E-state index in [9.17, 15) is 18.0 Å². The van der Waals surface area contributed by atoms with Gasteiger partial charge < -0.3 is 4.90 Å². The van der Waals surface area contributed by atoms with E-state index in [1.165, 1.54) is 41.8 Å². The van der Waals surface area contributed by atoms with Crippen molar-refractivity contribution in [1.82, 2.24) is 9.80 Å². The lowest BCUT2D eigenvalue weighted by Crippen LogP contribution is -2.45. The van der Waals surface area contributed by atoms with Crippen LogP contribution in [0.25, 0.3) is 0 Å². The number of rotatable bonds is 7. The standard InChI is InChI=1S/C32H35F3N2O/c1-22-7-5-6-10-28(22)29-21-36(18-23-11-16-30(34)31(35)17-23)19-25(29)20-37(27-8-3-2-4-9-27)32(38)24-12-14-26(33)15-13-24/h5-7,10-17,25,27,29H,2-4,8-9,18-21H2,1H3/t25-,29-/m1/s1. The quantitative estimate of drug-likeness (QED) is 0.332. The molecule has 0 bridgehead atoms. The third kappa shape index (κ3) is 5.96. The molecule has 3 aromatic carbocycles. The SMILES string of the molecule is Cc1ccccc1[C@@H]1CN(Cc2ccc(F)c(F)c2)C[C@@H]1CN(C(=O)c1ccc(F)cc1)C1CCCCC1. The highest BCUT2D eigenvalue weighted by atomic mass is 19.2. The van der Waals surface area contributed by atoms with E-state index in [0.717, 1.165) is 44.3 Å². The largest absolute Gasteiger partial charge is 0.335 e. The number of amides is 1. The molecule has 1 saturated heterocycles. The Morgan fingerprint density at radius 1 is 0.895 bits per heavy atom. The first kappa shape index (κ1) is 26.5. The summed E-state index contributed by atoms with van der Waals surface area (Å²) in [6.07, 6.45) is 5.35. The molecular formula is C32H35F3N2O. The van der Waals surface area contributed by atoms with Gasteiger partial charge in [-0.25, -0.2) is 13.2 Å². The Morgan fingerprint density at radius 3 is 2.34 bits per heavy atom. The van der Waals surface area contributed by atoms with Crippen molar-refractivity contribution in [2.75, 3.05) is 19.6 Å². The van der Waals surface area contributed by atoms with Crippen LogP contribution in [-0.2, 0) is 6.54 Å². The maximum atomic E-state index is 13.9. The van der Waals surface area contributed by atoms with Crippen molar-refractivity contribution >= 4 is 5.91 Å². The third-order valence-corrected chi connectivity index (χ3v) is 8.29. The molecule has 6 heteroatoms. The number of halogens is 3. The molecule has 1 amide bonds. The van der Waals surface area contributed by atoms with E-state index in [1.54, 1.807) is 18.2 Å². The van der Waals surface area contributed by atoms with Gasteiger partial charge in [-0.3, -0.25) is 9.69 Å². The number of likely N-dealkylation sites (tertiary alicyclic amines) is 1. The van der Waals surface area contributed by atoms with E-state index in [1.807, 2.05) is 11.0 Å². The summed E-state index contributed by atoms with van der Waals surface area (Å²) in [6, 6.07) is 18.5. The molecule has 38 heavy (non-hydrogen) atoms. The Labute approximate surface area is 223 Å². The third-order valence-electron chi connectivity index (χ3n) is 8.29. The molecule has 0 spiro atoms. The summed E-state index contributed by atoms with van der Waals surface area (Å²) in [5.74, 6) is -1.69. The first-order valence-electron chi connectivity index (χ1n) is 13.7. The molecule has 2 fully saturated rings. The van der Waals surface area contributed by atoms with E-state index in [-0.39, 0.29) is 29.6 Å². The van der Waals surface area contributed by atoms with Crippen LogP contribution in [0.3, 0.4) is 0 Å². The molecule has 0 aromatic heterocycles. The average Bonchev–Trinajstić information content (AvgIpc) is 3.32. The topological polar surface area (TPSA) is 23.6 Å². The monoisotopic (exact) mass is 520 g/mol. The lowest BCUT2D eigenvalue weighted by molar-refractivity contribution is 0.0588. The summed E-state index contributed by atoms with van der Waals surface area (Å²) in [5, 5.41) is 0. The highest BCUT2D eigenvalue weighted by Crippen LogP contribution is 2.37. The van der Waals surface area contributed by atoms with Gasteiger partial charge in [0.1, 0.15) is 5.82 Å². The van der Waals surface area contributed by atoms with Gasteiger partial charge in [-0.05, 0) is 78.8 Å². The van der Waals surface area contributed by atoms with Gasteiger partial charge in [-0.1, -0.05) is 49.6 Å². The molecule has 0 unspecified atom stereocenters. The van der Waals surface area contributed by atoms with Crippen LogP contribution in [0.2, 0.25) is 0 Å². The second-order valence-corrected chi connectivity index (χ2v) is 10.9. The summed E-state index contributed by atoms with van der Waals surface area (Å²) in [5.41, 5.74) is 3.73. The second-order valence-electron chi connectivity index (χ2n) is 10.9. The van der Waals surface area contributed by atoms with Crippen LogP contribution in [0.15, 0.2) is 66.7 Å². The van der Waals surface area contributed by atoms with E-state index in [2.05, 4.69) is 30.0 Å². The highest BCUT2D eigenvalue weighted by Gasteiger charge is 2.38. The number of carbonyl (C=O) groups excluding carboxylic acids is 1. The Balaban J connectivity index is 1.43. The van der Waals surface area contributed by atoms with Crippen molar-refractivity contribution in [1.29, 1.82) is 0 Å². The van der Waals surface area contributed by atoms with Crippen LogP contribution < -0.4 is 0 Å². The average molecular weight is 521 g/mol. The van der Waals surface area contributed by atoms with Gasteiger partial charge in [0, 0.05) is 43.7 Å². The van der Waals surface area contributed by atoms with E-state index >= 15 is 0 Å². The molecule has 3 aromatic rings. The summed E-state index contributed by atoms with van der Waals surface area (Å²) in [6.45, 7) is 4.77. The van der Waals surface area contributed by atoms with Gasteiger partial charge in [-0.2, -0.15) is 0 Å². The van der Waals surface area contributed by atoms with Crippen molar-refractivity contribution in [2.24, 2.45) is 5.92 Å². The van der Waals surface area contributed by atoms with Gasteiger partial charge in [-0.15, -0.1) is 0 Å². The number of nitrogens with zero attached hydrogens (tertiary/aromatic N) is 2. The highest BCUT2D eigenvalue weighted by molar-refractivity contribution is 5.94. The number of aryl methyl sites for hydroxylation is 1.